The van der Waals surface area contributed by atoms with E-state index in [1.54, 1.807) is 0 Å². The van der Waals surface area contributed by atoms with Gasteiger partial charge in [0.1, 0.15) is 0 Å². The number of halogens is 1. The molecule has 0 radical (unpaired) electrons. The fourth-order valence-electron chi connectivity index (χ4n) is 1.76. The maximum absolute atomic E-state index is 5.67. The number of aromatic nitrogens is 2. The van der Waals surface area contributed by atoms with Crippen molar-refractivity contribution in [3.8, 4) is 0 Å². The van der Waals surface area contributed by atoms with Crippen molar-refractivity contribution in [2.75, 3.05) is 6.54 Å². The second kappa shape index (κ2) is 6.11. The highest BCUT2D eigenvalue weighted by atomic mass is 79.9. The molecule has 0 fully saturated rings. The normalized spacial score (nSPS) is 12.6. The van der Waals surface area contributed by atoms with E-state index in [1.165, 1.54) is 0 Å². The van der Waals surface area contributed by atoms with Crippen molar-refractivity contribution in [2.45, 2.75) is 25.7 Å². The molecule has 1 atom stereocenters. The van der Waals surface area contributed by atoms with Crippen LogP contribution in [0.25, 0.3) is 0 Å². The zero-order valence-electron chi connectivity index (χ0n) is 10.3. The molecule has 0 bridgehead atoms. The number of nitrogens with two attached hydrogens (primary N) is 1. The fourth-order valence-corrected chi connectivity index (χ4v) is 2.18. The Labute approximate surface area is 115 Å². The van der Waals surface area contributed by atoms with E-state index in [1.807, 2.05) is 24.3 Å². The zero-order chi connectivity index (χ0) is 13.0. The Kier molecular flexibility index (Phi) is 4.49. The smallest absolute Gasteiger partial charge is 0.231 e. The van der Waals surface area contributed by atoms with Gasteiger partial charge in [-0.15, -0.1) is 0 Å². The topological polar surface area (TPSA) is 64.9 Å². The van der Waals surface area contributed by atoms with E-state index >= 15 is 0 Å². The Hall–Kier alpha value is -1.20. The molecule has 1 aromatic heterocycles. The van der Waals surface area contributed by atoms with Gasteiger partial charge in [-0.1, -0.05) is 46.2 Å². The number of nitrogens with zero attached hydrogens (tertiary/aromatic N) is 2. The van der Waals surface area contributed by atoms with Crippen LogP contribution in [0.4, 0.5) is 0 Å². The molecule has 0 saturated carbocycles. The molecule has 18 heavy (non-hydrogen) atoms. The van der Waals surface area contributed by atoms with E-state index in [-0.39, 0.29) is 5.92 Å². The second-order valence-electron chi connectivity index (χ2n) is 4.16. The predicted octanol–water partition coefficient (Wildman–Crippen LogP) is 2.88. The first kappa shape index (κ1) is 13.2. The van der Waals surface area contributed by atoms with Crippen LogP contribution in [0.3, 0.4) is 0 Å². The molecule has 4 nitrogen and oxygen atoms in total. The standard InChI is InChI=1S/C13H16BrN3O/c1-2-9(8-15)13-16-12(17-18-13)7-10-5-3-4-6-11(10)14/h3-6,9H,2,7-8,15H2,1H3. The summed E-state index contributed by atoms with van der Waals surface area (Å²) < 4.78 is 6.32. The van der Waals surface area contributed by atoms with E-state index in [0.717, 1.165) is 16.5 Å². The van der Waals surface area contributed by atoms with Gasteiger partial charge in [-0.3, -0.25) is 0 Å². The summed E-state index contributed by atoms with van der Waals surface area (Å²) in [5, 5.41) is 4.01. The van der Waals surface area contributed by atoms with Gasteiger partial charge in [0.15, 0.2) is 5.82 Å². The van der Waals surface area contributed by atoms with Crippen LogP contribution in [0.5, 0.6) is 0 Å². The Morgan fingerprint density at radius 2 is 2.17 bits per heavy atom. The summed E-state index contributed by atoms with van der Waals surface area (Å²) in [6.45, 7) is 2.60. The lowest BCUT2D eigenvalue weighted by atomic mass is 10.1. The summed E-state index contributed by atoms with van der Waals surface area (Å²) in [7, 11) is 0. The van der Waals surface area contributed by atoms with Crippen LogP contribution in [-0.4, -0.2) is 16.7 Å². The van der Waals surface area contributed by atoms with Gasteiger partial charge in [-0.05, 0) is 18.1 Å². The van der Waals surface area contributed by atoms with Crippen molar-refractivity contribution in [2.24, 2.45) is 5.73 Å². The molecule has 1 aromatic carbocycles. The Morgan fingerprint density at radius 1 is 1.39 bits per heavy atom. The van der Waals surface area contributed by atoms with Crippen molar-refractivity contribution in [3.05, 3.63) is 46.0 Å². The van der Waals surface area contributed by atoms with Crippen molar-refractivity contribution >= 4 is 15.9 Å². The highest BCUT2D eigenvalue weighted by Crippen LogP contribution is 2.20. The quantitative estimate of drug-likeness (QED) is 0.922. The average Bonchev–Trinajstić information content (AvgIpc) is 2.82. The fraction of sp³-hybridized carbons (Fsp3) is 0.385. The van der Waals surface area contributed by atoms with Gasteiger partial charge in [0.05, 0.1) is 5.92 Å². The third-order valence-corrected chi connectivity index (χ3v) is 3.69. The van der Waals surface area contributed by atoms with Crippen molar-refractivity contribution in [3.63, 3.8) is 0 Å². The first-order valence-corrected chi connectivity index (χ1v) is 6.79. The lowest BCUT2D eigenvalue weighted by Gasteiger charge is -2.04. The van der Waals surface area contributed by atoms with Crippen molar-refractivity contribution in [1.29, 1.82) is 0 Å². The summed E-state index contributed by atoms with van der Waals surface area (Å²) in [6.07, 6.45) is 1.57. The molecule has 96 valence electrons. The molecule has 1 heterocycles. The van der Waals surface area contributed by atoms with Crippen LogP contribution in [0.2, 0.25) is 0 Å². The number of rotatable bonds is 5. The minimum Gasteiger partial charge on any atom is -0.339 e. The first-order valence-electron chi connectivity index (χ1n) is 6.00. The molecule has 2 aromatic rings. The average molecular weight is 310 g/mol. The minimum absolute atomic E-state index is 0.158. The van der Waals surface area contributed by atoms with Gasteiger partial charge in [-0.25, -0.2) is 0 Å². The van der Waals surface area contributed by atoms with Gasteiger partial charge in [0, 0.05) is 17.4 Å². The first-order chi connectivity index (χ1) is 8.74. The summed E-state index contributed by atoms with van der Waals surface area (Å²) in [5.41, 5.74) is 6.81. The van der Waals surface area contributed by atoms with Gasteiger partial charge in [0.25, 0.3) is 0 Å². The number of hydrogen-bond acceptors (Lipinski definition) is 4. The molecule has 1 unspecified atom stereocenters. The highest BCUT2D eigenvalue weighted by molar-refractivity contribution is 9.10. The Bertz CT molecular complexity index is 508. The van der Waals surface area contributed by atoms with E-state index in [2.05, 4.69) is 33.0 Å². The molecule has 0 saturated heterocycles. The van der Waals surface area contributed by atoms with Gasteiger partial charge in [0.2, 0.25) is 5.89 Å². The predicted molar refractivity (Wildman–Crippen MR) is 73.3 cm³/mol. The Morgan fingerprint density at radius 3 is 2.83 bits per heavy atom. The monoisotopic (exact) mass is 309 g/mol. The maximum Gasteiger partial charge on any atom is 0.231 e. The maximum atomic E-state index is 5.67. The van der Waals surface area contributed by atoms with Crippen LogP contribution in [0.1, 0.15) is 36.5 Å². The van der Waals surface area contributed by atoms with Crippen LogP contribution >= 0.6 is 15.9 Å². The van der Waals surface area contributed by atoms with Gasteiger partial charge >= 0.3 is 0 Å². The number of hydrogen-bond donors (Lipinski definition) is 1. The lowest BCUT2D eigenvalue weighted by Crippen LogP contribution is -2.11. The summed E-state index contributed by atoms with van der Waals surface area (Å²) in [5.74, 6) is 1.50. The third kappa shape index (κ3) is 2.97. The molecular formula is C13H16BrN3O. The molecule has 5 heteroatoms. The number of benzene rings is 1. The molecule has 0 aliphatic heterocycles. The third-order valence-electron chi connectivity index (χ3n) is 2.92. The van der Waals surface area contributed by atoms with E-state index in [9.17, 15) is 0 Å². The van der Waals surface area contributed by atoms with Crippen molar-refractivity contribution < 1.29 is 4.52 Å². The molecule has 0 aliphatic rings. The van der Waals surface area contributed by atoms with E-state index < -0.39 is 0 Å². The molecule has 2 N–H and O–H groups in total. The molecule has 0 amide bonds. The molecule has 0 spiro atoms. The summed E-state index contributed by atoms with van der Waals surface area (Å²) in [4.78, 5) is 4.41. The van der Waals surface area contributed by atoms with Crippen LogP contribution in [-0.2, 0) is 6.42 Å². The van der Waals surface area contributed by atoms with Gasteiger partial charge in [-0.2, -0.15) is 4.98 Å². The second-order valence-corrected chi connectivity index (χ2v) is 5.01. The van der Waals surface area contributed by atoms with E-state index in [4.69, 9.17) is 10.3 Å². The zero-order valence-corrected chi connectivity index (χ0v) is 11.9. The Balaban J connectivity index is 2.14. The van der Waals surface area contributed by atoms with Crippen LogP contribution in [0.15, 0.2) is 33.3 Å². The van der Waals surface area contributed by atoms with E-state index in [0.29, 0.717) is 24.7 Å². The molecular weight excluding hydrogens is 294 g/mol. The minimum atomic E-state index is 0.158. The van der Waals surface area contributed by atoms with Crippen LogP contribution < -0.4 is 5.73 Å². The van der Waals surface area contributed by atoms with Crippen molar-refractivity contribution in [1.82, 2.24) is 10.1 Å². The lowest BCUT2D eigenvalue weighted by molar-refractivity contribution is 0.348. The summed E-state index contributed by atoms with van der Waals surface area (Å²) >= 11 is 3.51. The SMILES string of the molecule is CCC(CN)c1nc(Cc2ccccc2Br)no1. The largest absolute Gasteiger partial charge is 0.339 e. The van der Waals surface area contributed by atoms with Gasteiger partial charge < -0.3 is 10.3 Å². The summed E-state index contributed by atoms with van der Waals surface area (Å²) in [6, 6.07) is 8.03. The molecule has 2 rings (SSSR count). The molecule has 0 aliphatic carbocycles. The highest BCUT2D eigenvalue weighted by Gasteiger charge is 2.16. The van der Waals surface area contributed by atoms with Crippen LogP contribution in [0, 0.1) is 0 Å².